The molecule has 0 aliphatic carbocycles. The van der Waals surface area contributed by atoms with Crippen LogP contribution in [0.1, 0.15) is 5.56 Å². The Bertz CT molecular complexity index is 235. The Hall–Kier alpha value is -0.840. The minimum absolute atomic E-state index is 0.212. The molecule has 1 aromatic rings. The second-order valence-corrected chi connectivity index (χ2v) is 2.76. The maximum atomic E-state index is 9.09. The van der Waals surface area contributed by atoms with Crippen LogP contribution in [0.5, 0.6) is 0 Å². The number of aromatic nitrogens is 1. The largest absolute Gasteiger partial charge is 0.394 e. The van der Waals surface area contributed by atoms with Crippen LogP contribution in [0.15, 0.2) is 18.5 Å². The van der Waals surface area contributed by atoms with Gasteiger partial charge in [-0.25, -0.2) is 0 Å². The summed E-state index contributed by atoms with van der Waals surface area (Å²) in [5.74, 6) is 0. The van der Waals surface area contributed by atoms with Gasteiger partial charge in [0.2, 0.25) is 0 Å². The molecule has 1 heterocycles. The first-order valence-electron chi connectivity index (χ1n) is 3.90. The normalized spacial score (nSPS) is 13.2. The smallest absolute Gasteiger partial charge is 0.0949 e. The predicted molar refractivity (Wildman–Crippen MR) is 45.4 cm³/mol. The lowest BCUT2D eigenvalue weighted by Crippen LogP contribution is -2.18. The molecule has 0 amide bonds. The van der Waals surface area contributed by atoms with Crippen LogP contribution in [0.4, 0.5) is 0 Å². The molecule has 1 atom stereocenters. The SMILES string of the molecule is NCc1ccn(CC(O)CO)c1. The fraction of sp³-hybridized carbons (Fsp3) is 0.500. The first-order chi connectivity index (χ1) is 5.76. The van der Waals surface area contributed by atoms with Crippen molar-refractivity contribution in [3.05, 3.63) is 24.0 Å². The summed E-state index contributed by atoms with van der Waals surface area (Å²) in [5, 5.41) is 17.7. The third-order valence-corrected chi connectivity index (χ3v) is 1.68. The summed E-state index contributed by atoms with van der Waals surface area (Å²) in [6, 6.07) is 1.89. The van der Waals surface area contributed by atoms with Crippen LogP contribution in [0, 0.1) is 0 Å². The van der Waals surface area contributed by atoms with E-state index in [1.165, 1.54) is 0 Å². The van der Waals surface area contributed by atoms with Gasteiger partial charge in [-0.1, -0.05) is 0 Å². The molecule has 4 N–H and O–H groups in total. The van der Waals surface area contributed by atoms with E-state index in [1.54, 1.807) is 0 Å². The number of nitrogens with two attached hydrogens (primary N) is 1. The average Bonchev–Trinajstić information content (AvgIpc) is 2.52. The van der Waals surface area contributed by atoms with E-state index in [4.69, 9.17) is 15.9 Å². The fourth-order valence-corrected chi connectivity index (χ4v) is 1.03. The van der Waals surface area contributed by atoms with E-state index in [2.05, 4.69) is 0 Å². The van der Waals surface area contributed by atoms with Gasteiger partial charge in [0, 0.05) is 18.9 Å². The summed E-state index contributed by atoms with van der Waals surface area (Å²) in [6.45, 7) is 0.703. The first kappa shape index (κ1) is 9.25. The molecule has 4 nitrogen and oxygen atoms in total. The predicted octanol–water partition coefficient (Wildman–Crippen LogP) is -0.700. The van der Waals surface area contributed by atoms with E-state index in [9.17, 15) is 0 Å². The van der Waals surface area contributed by atoms with Crippen molar-refractivity contribution in [3.8, 4) is 0 Å². The highest BCUT2D eigenvalue weighted by atomic mass is 16.3. The number of aliphatic hydroxyl groups excluding tert-OH is 2. The van der Waals surface area contributed by atoms with Gasteiger partial charge in [0.15, 0.2) is 0 Å². The molecule has 1 aromatic heterocycles. The van der Waals surface area contributed by atoms with Gasteiger partial charge in [-0.15, -0.1) is 0 Å². The number of hydrogen-bond donors (Lipinski definition) is 3. The molecule has 0 fully saturated rings. The van der Waals surface area contributed by atoms with Crippen LogP contribution in [0.2, 0.25) is 0 Å². The van der Waals surface area contributed by atoms with Crippen molar-refractivity contribution in [2.45, 2.75) is 19.2 Å². The van der Waals surface area contributed by atoms with Crippen LogP contribution < -0.4 is 5.73 Å². The van der Waals surface area contributed by atoms with E-state index in [-0.39, 0.29) is 6.61 Å². The van der Waals surface area contributed by atoms with Crippen molar-refractivity contribution < 1.29 is 10.2 Å². The fourth-order valence-electron chi connectivity index (χ4n) is 1.03. The molecule has 1 rings (SSSR count). The van der Waals surface area contributed by atoms with Gasteiger partial charge in [0.25, 0.3) is 0 Å². The maximum Gasteiger partial charge on any atom is 0.0949 e. The molecular formula is C8H14N2O2. The molecule has 0 aromatic carbocycles. The molecule has 1 unspecified atom stereocenters. The highest BCUT2D eigenvalue weighted by Gasteiger charge is 2.02. The zero-order valence-electron chi connectivity index (χ0n) is 6.85. The minimum Gasteiger partial charge on any atom is -0.394 e. The van der Waals surface area contributed by atoms with Crippen molar-refractivity contribution in [2.24, 2.45) is 5.73 Å². The van der Waals surface area contributed by atoms with Crippen LogP contribution in [-0.2, 0) is 13.1 Å². The second kappa shape index (κ2) is 4.25. The molecule has 68 valence electrons. The Morgan fingerprint density at radius 1 is 1.58 bits per heavy atom. The lowest BCUT2D eigenvalue weighted by Gasteiger charge is -2.07. The van der Waals surface area contributed by atoms with Crippen LogP contribution in [-0.4, -0.2) is 27.5 Å². The first-order valence-corrected chi connectivity index (χ1v) is 3.90. The van der Waals surface area contributed by atoms with Crippen molar-refractivity contribution >= 4 is 0 Å². The standard InChI is InChI=1S/C8H14N2O2/c9-3-7-1-2-10(4-7)5-8(12)6-11/h1-2,4,8,11-12H,3,5-6,9H2. The Morgan fingerprint density at radius 2 is 2.33 bits per heavy atom. The van der Waals surface area contributed by atoms with Gasteiger partial charge >= 0.3 is 0 Å². The van der Waals surface area contributed by atoms with E-state index in [1.807, 2.05) is 23.0 Å². The second-order valence-electron chi connectivity index (χ2n) is 2.76. The molecule has 0 saturated carbocycles. The molecule has 4 heteroatoms. The van der Waals surface area contributed by atoms with Crippen LogP contribution >= 0.6 is 0 Å². The Balaban J connectivity index is 2.52. The third kappa shape index (κ3) is 2.34. The van der Waals surface area contributed by atoms with E-state index < -0.39 is 6.10 Å². The van der Waals surface area contributed by atoms with Gasteiger partial charge < -0.3 is 20.5 Å². The summed E-state index contributed by atoms with van der Waals surface area (Å²) >= 11 is 0. The maximum absolute atomic E-state index is 9.09. The van der Waals surface area contributed by atoms with Gasteiger partial charge in [-0.3, -0.25) is 0 Å². The molecule has 0 bridgehead atoms. The lowest BCUT2D eigenvalue weighted by atomic mass is 10.3. The molecule has 0 aliphatic heterocycles. The van der Waals surface area contributed by atoms with Crippen molar-refractivity contribution in [2.75, 3.05) is 6.61 Å². The van der Waals surface area contributed by atoms with Crippen molar-refractivity contribution in [1.82, 2.24) is 4.57 Å². The lowest BCUT2D eigenvalue weighted by molar-refractivity contribution is 0.0813. The summed E-state index contributed by atoms with van der Waals surface area (Å²) < 4.78 is 1.81. The quantitative estimate of drug-likeness (QED) is 0.559. The van der Waals surface area contributed by atoms with Crippen molar-refractivity contribution in [1.29, 1.82) is 0 Å². The molecule has 0 radical (unpaired) electrons. The van der Waals surface area contributed by atoms with Crippen molar-refractivity contribution in [3.63, 3.8) is 0 Å². The zero-order chi connectivity index (χ0) is 8.97. The van der Waals surface area contributed by atoms with Gasteiger partial charge in [0.1, 0.15) is 0 Å². The summed E-state index contributed by atoms with van der Waals surface area (Å²) in [5.41, 5.74) is 6.43. The Kier molecular flexibility index (Phi) is 3.28. The number of hydrogen-bond acceptors (Lipinski definition) is 3. The van der Waals surface area contributed by atoms with E-state index >= 15 is 0 Å². The monoisotopic (exact) mass is 170 g/mol. The zero-order valence-corrected chi connectivity index (χ0v) is 6.85. The van der Waals surface area contributed by atoms with Crippen LogP contribution in [0.25, 0.3) is 0 Å². The molecule has 0 aliphatic rings. The summed E-state index contributed by atoms with van der Waals surface area (Å²) in [4.78, 5) is 0. The summed E-state index contributed by atoms with van der Waals surface area (Å²) in [6.07, 6.45) is 3.00. The molecule has 0 saturated heterocycles. The molecule has 12 heavy (non-hydrogen) atoms. The molecule has 0 spiro atoms. The Morgan fingerprint density at radius 3 is 2.83 bits per heavy atom. The van der Waals surface area contributed by atoms with E-state index in [0.29, 0.717) is 13.1 Å². The number of nitrogens with zero attached hydrogens (tertiary/aromatic N) is 1. The van der Waals surface area contributed by atoms with Gasteiger partial charge in [0.05, 0.1) is 19.3 Å². The average molecular weight is 170 g/mol. The highest BCUT2D eigenvalue weighted by Crippen LogP contribution is 2.00. The van der Waals surface area contributed by atoms with Crippen LogP contribution in [0.3, 0.4) is 0 Å². The Labute approximate surface area is 71.2 Å². The topological polar surface area (TPSA) is 71.4 Å². The number of rotatable bonds is 4. The summed E-state index contributed by atoms with van der Waals surface area (Å²) in [7, 11) is 0. The molecular weight excluding hydrogens is 156 g/mol. The highest BCUT2D eigenvalue weighted by molar-refractivity contribution is 5.09. The number of aliphatic hydroxyl groups is 2. The van der Waals surface area contributed by atoms with E-state index in [0.717, 1.165) is 5.56 Å². The third-order valence-electron chi connectivity index (χ3n) is 1.68. The minimum atomic E-state index is -0.692. The van der Waals surface area contributed by atoms with Gasteiger partial charge in [-0.2, -0.15) is 0 Å². The van der Waals surface area contributed by atoms with Gasteiger partial charge in [-0.05, 0) is 11.6 Å².